The third-order valence-corrected chi connectivity index (χ3v) is 4.30. The second-order valence-corrected chi connectivity index (χ2v) is 6.13. The van der Waals surface area contributed by atoms with Crippen LogP contribution in [-0.4, -0.2) is 56.0 Å². The molecule has 2 aromatic heterocycles. The van der Waals surface area contributed by atoms with Gasteiger partial charge in [-0.25, -0.2) is 4.98 Å². The molecule has 0 spiro atoms. The highest BCUT2D eigenvalue weighted by atomic mass is 16.3. The van der Waals surface area contributed by atoms with Crippen LogP contribution in [0.1, 0.15) is 29.5 Å². The van der Waals surface area contributed by atoms with Gasteiger partial charge in [0.25, 0.3) is 5.91 Å². The summed E-state index contributed by atoms with van der Waals surface area (Å²) in [6.45, 7) is 5.88. The molecule has 1 fully saturated rings. The summed E-state index contributed by atoms with van der Waals surface area (Å²) in [5.74, 6) is 0.466. The first kappa shape index (κ1) is 16.4. The van der Waals surface area contributed by atoms with E-state index in [1.54, 1.807) is 29.3 Å². The van der Waals surface area contributed by atoms with Crippen molar-refractivity contribution in [2.75, 3.05) is 24.5 Å². The maximum atomic E-state index is 12.2. The van der Waals surface area contributed by atoms with E-state index in [-0.39, 0.29) is 12.5 Å². The second-order valence-electron chi connectivity index (χ2n) is 6.13. The molecule has 8 heteroatoms. The molecule has 3 rings (SSSR count). The first-order chi connectivity index (χ1) is 11.5. The van der Waals surface area contributed by atoms with E-state index in [9.17, 15) is 9.90 Å². The zero-order valence-electron chi connectivity index (χ0n) is 13.9. The molecule has 1 saturated heterocycles. The third kappa shape index (κ3) is 3.38. The van der Waals surface area contributed by atoms with Gasteiger partial charge in [-0.3, -0.25) is 14.5 Å². The number of hydrogen-bond acceptors (Lipinski definition) is 6. The van der Waals surface area contributed by atoms with E-state index in [0.717, 1.165) is 18.1 Å². The lowest BCUT2D eigenvalue weighted by atomic mass is 10.0. The highest BCUT2D eigenvalue weighted by molar-refractivity contribution is 5.92. The molecule has 0 radical (unpaired) electrons. The van der Waals surface area contributed by atoms with E-state index < -0.39 is 5.60 Å². The molecular weight excluding hydrogens is 308 g/mol. The highest BCUT2D eigenvalue weighted by Crippen LogP contribution is 2.24. The Hall–Kier alpha value is -2.48. The number of nitrogens with one attached hydrogen (secondary N) is 1. The van der Waals surface area contributed by atoms with Gasteiger partial charge in [0.2, 0.25) is 0 Å². The maximum absolute atomic E-state index is 12.2. The van der Waals surface area contributed by atoms with Crippen molar-refractivity contribution in [3.05, 3.63) is 36.0 Å². The van der Waals surface area contributed by atoms with E-state index in [4.69, 9.17) is 0 Å². The van der Waals surface area contributed by atoms with Gasteiger partial charge < -0.3 is 15.3 Å². The predicted octanol–water partition coefficient (Wildman–Crippen LogP) is 0.373. The molecule has 0 unspecified atom stereocenters. The Morgan fingerprint density at radius 3 is 2.96 bits per heavy atom. The summed E-state index contributed by atoms with van der Waals surface area (Å²) < 4.78 is 1.77. The molecule has 2 aromatic rings. The van der Waals surface area contributed by atoms with Crippen LogP contribution in [0.3, 0.4) is 0 Å². The summed E-state index contributed by atoms with van der Waals surface area (Å²) >= 11 is 0. The van der Waals surface area contributed by atoms with Crippen LogP contribution in [0, 0.1) is 6.92 Å². The topological polar surface area (TPSA) is 96.2 Å². The minimum absolute atomic E-state index is 0.181. The minimum atomic E-state index is -0.977. The van der Waals surface area contributed by atoms with Gasteiger partial charge in [-0.2, -0.15) is 5.10 Å². The summed E-state index contributed by atoms with van der Waals surface area (Å²) in [7, 11) is 0. The molecule has 24 heavy (non-hydrogen) atoms. The first-order valence-corrected chi connectivity index (χ1v) is 8.07. The molecule has 0 aromatic carbocycles. The fourth-order valence-electron chi connectivity index (χ4n) is 2.93. The van der Waals surface area contributed by atoms with E-state index in [0.29, 0.717) is 25.2 Å². The summed E-state index contributed by atoms with van der Waals surface area (Å²) in [5, 5.41) is 17.7. The van der Waals surface area contributed by atoms with Crippen molar-refractivity contribution in [1.82, 2.24) is 25.1 Å². The highest BCUT2D eigenvalue weighted by Gasteiger charge is 2.37. The number of hydrogen-bond donors (Lipinski definition) is 2. The lowest BCUT2D eigenvalue weighted by Gasteiger charge is -2.23. The number of aromatic nitrogens is 4. The van der Waals surface area contributed by atoms with E-state index in [1.165, 1.54) is 0 Å². The Morgan fingerprint density at radius 2 is 2.29 bits per heavy atom. The monoisotopic (exact) mass is 330 g/mol. The van der Waals surface area contributed by atoms with Crippen molar-refractivity contribution in [2.45, 2.75) is 32.4 Å². The van der Waals surface area contributed by atoms with Crippen molar-refractivity contribution in [3.63, 3.8) is 0 Å². The average molecular weight is 330 g/mol. The summed E-state index contributed by atoms with van der Waals surface area (Å²) in [6.07, 6.45) is 5.47. The van der Waals surface area contributed by atoms with Crippen LogP contribution in [0.15, 0.2) is 24.7 Å². The van der Waals surface area contributed by atoms with Gasteiger partial charge in [-0.15, -0.1) is 0 Å². The number of anilines is 1. The fourth-order valence-corrected chi connectivity index (χ4v) is 2.93. The summed E-state index contributed by atoms with van der Waals surface area (Å²) in [5.41, 5.74) is 0.341. The quantitative estimate of drug-likeness (QED) is 0.822. The van der Waals surface area contributed by atoms with Crippen molar-refractivity contribution >= 4 is 11.7 Å². The molecule has 1 aliphatic heterocycles. The molecule has 2 N–H and O–H groups in total. The van der Waals surface area contributed by atoms with Gasteiger partial charge in [-0.1, -0.05) is 0 Å². The standard InChI is InChI=1S/C16H22N6O2/c1-3-22-12(2)8-13(20-22)15(23)19-10-16(24)4-7-21(11-16)14-9-17-5-6-18-14/h5-6,8-9,24H,3-4,7,10-11H2,1-2H3,(H,19,23)/t16-/m1/s1. The number of nitrogens with zero attached hydrogens (tertiary/aromatic N) is 5. The number of aliphatic hydroxyl groups is 1. The molecule has 0 bridgehead atoms. The van der Waals surface area contributed by atoms with Gasteiger partial charge in [0.05, 0.1) is 6.20 Å². The average Bonchev–Trinajstić information content (AvgIpc) is 3.17. The number of carbonyl (C=O) groups excluding carboxylic acids is 1. The number of aryl methyl sites for hydroxylation is 2. The molecule has 1 amide bonds. The molecule has 1 atom stereocenters. The van der Waals surface area contributed by atoms with Crippen LogP contribution in [0.4, 0.5) is 5.82 Å². The van der Waals surface area contributed by atoms with Crippen molar-refractivity contribution in [3.8, 4) is 0 Å². The number of rotatable bonds is 5. The van der Waals surface area contributed by atoms with Crippen LogP contribution in [0.2, 0.25) is 0 Å². The van der Waals surface area contributed by atoms with Gasteiger partial charge in [0.1, 0.15) is 17.1 Å². The normalized spacial score (nSPS) is 20.4. The van der Waals surface area contributed by atoms with E-state index in [2.05, 4.69) is 20.4 Å². The Bertz CT molecular complexity index is 717. The summed E-state index contributed by atoms with van der Waals surface area (Å²) in [4.78, 5) is 22.5. The Labute approximate surface area is 140 Å². The molecule has 128 valence electrons. The zero-order valence-corrected chi connectivity index (χ0v) is 13.9. The first-order valence-electron chi connectivity index (χ1n) is 8.07. The van der Waals surface area contributed by atoms with Crippen molar-refractivity contribution in [2.24, 2.45) is 0 Å². The Kier molecular flexibility index (Phi) is 4.48. The number of carbonyl (C=O) groups is 1. The van der Waals surface area contributed by atoms with Gasteiger partial charge in [-0.05, 0) is 26.3 Å². The molecule has 0 saturated carbocycles. The van der Waals surface area contributed by atoms with Crippen molar-refractivity contribution in [1.29, 1.82) is 0 Å². The fraction of sp³-hybridized carbons (Fsp3) is 0.500. The molecule has 3 heterocycles. The van der Waals surface area contributed by atoms with Crippen LogP contribution in [-0.2, 0) is 6.54 Å². The van der Waals surface area contributed by atoms with E-state index >= 15 is 0 Å². The van der Waals surface area contributed by atoms with Crippen molar-refractivity contribution < 1.29 is 9.90 Å². The van der Waals surface area contributed by atoms with Crippen LogP contribution < -0.4 is 10.2 Å². The number of β-amino-alcohol motifs (C(OH)–C–C–N with tert-alkyl or cyclic N) is 1. The van der Waals surface area contributed by atoms with Crippen LogP contribution in [0.5, 0.6) is 0 Å². The summed E-state index contributed by atoms with van der Waals surface area (Å²) in [6, 6.07) is 1.75. The van der Waals surface area contributed by atoms with E-state index in [1.807, 2.05) is 18.7 Å². The second kappa shape index (κ2) is 6.56. The Morgan fingerprint density at radius 1 is 1.46 bits per heavy atom. The van der Waals surface area contributed by atoms with Crippen LogP contribution >= 0.6 is 0 Å². The number of amides is 1. The molecule has 1 aliphatic rings. The lowest BCUT2D eigenvalue weighted by molar-refractivity contribution is 0.0574. The van der Waals surface area contributed by atoms with Gasteiger partial charge in [0.15, 0.2) is 0 Å². The molecule has 8 nitrogen and oxygen atoms in total. The molecule has 0 aliphatic carbocycles. The van der Waals surface area contributed by atoms with Gasteiger partial charge in [0, 0.05) is 44.3 Å². The van der Waals surface area contributed by atoms with Gasteiger partial charge >= 0.3 is 0 Å². The smallest absolute Gasteiger partial charge is 0.271 e. The van der Waals surface area contributed by atoms with Crippen LogP contribution in [0.25, 0.3) is 0 Å². The largest absolute Gasteiger partial charge is 0.386 e. The SMILES string of the molecule is CCn1nc(C(=O)NC[C@]2(O)CCN(c3cnccn3)C2)cc1C. The predicted molar refractivity (Wildman–Crippen MR) is 88.8 cm³/mol. The third-order valence-electron chi connectivity index (χ3n) is 4.30. The lowest BCUT2D eigenvalue weighted by Crippen LogP contribution is -2.45. The zero-order chi connectivity index (χ0) is 17.2. The maximum Gasteiger partial charge on any atom is 0.271 e. The Balaban J connectivity index is 1.59. The molecular formula is C16H22N6O2. The minimum Gasteiger partial charge on any atom is -0.386 e.